The van der Waals surface area contributed by atoms with Gasteiger partial charge >= 0.3 is 0 Å². The first kappa shape index (κ1) is 10.7. The molecule has 0 amide bonds. The molecule has 0 aliphatic heterocycles. The Balaban J connectivity index is 2.46. The van der Waals surface area contributed by atoms with E-state index >= 15 is 0 Å². The van der Waals surface area contributed by atoms with Crippen LogP contribution in [0.5, 0.6) is 0 Å². The Morgan fingerprint density at radius 1 is 1.29 bits per heavy atom. The number of hydrogen-bond acceptors (Lipinski definition) is 2. The summed E-state index contributed by atoms with van der Waals surface area (Å²) in [5.41, 5.74) is 1.93. The molecule has 0 fully saturated rings. The van der Waals surface area contributed by atoms with Gasteiger partial charge in [-0.25, -0.2) is 0 Å². The third-order valence-electron chi connectivity index (χ3n) is 2.14. The van der Waals surface area contributed by atoms with Crippen LogP contribution in [0.4, 0.5) is 0 Å². The van der Waals surface area contributed by atoms with Crippen LogP contribution in [0, 0.1) is 11.3 Å². The molecule has 0 aliphatic carbocycles. The Labute approximate surface area is 85.6 Å². The molecule has 1 aromatic carbocycles. The van der Waals surface area contributed by atoms with Gasteiger partial charge in [0, 0.05) is 0 Å². The molecule has 1 N–H and O–H groups in total. The molecule has 1 aromatic rings. The van der Waals surface area contributed by atoms with Crippen LogP contribution in [0.15, 0.2) is 24.3 Å². The van der Waals surface area contributed by atoms with Crippen molar-refractivity contribution in [1.29, 1.82) is 5.26 Å². The average molecular weight is 188 g/mol. The third kappa shape index (κ3) is 3.20. The first-order valence-electron chi connectivity index (χ1n) is 5.07. The zero-order valence-electron chi connectivity index (χ0n) is 8.59. The maximum atomic E-state index is 8.85. The smallest absolute Gasteiger partial charge is 0.0994 e. The highest BCUT2D eigenvalue weighted by Gasteiger charge is 1.98. The lowest BCUT2D eigenvalue weighted by Crippen LogP contribution is -2.18. The van der Waals surface area contributed by atoms with Crippen molar-refractivity contribution in [1.82, 2.24) is 5.32 Å². The molecule has 0 saturated heterocycles. The predicted octanol–water partition coefficient (Wildman–Crippen LogP) is 2.10. The van der Waals surface area contributed by atoms with Crippen LogP contribution >= 0.6 is 0 Å². The van der Waals surface area contributed by atoms with Crippen LogP contribution < -0.4 is 5.32 Å². The van der Waals surface area contributed by atoms with E-state index in [2.05, 4.69) is 18.3 Å². The van der Waals surface area contributed by atoms with Crippen molar-refractivity contribution in [2.75, 3.05) is 13.1 Å². The predicted molar refractivity (Wildman–Crippen MR) is 58.0 cm³/mol. The molecule has 14 heavy (non-hydrogen) atoms. The van der Waals surface area contributed by atoms with Crippen LogP contribution in [0.1, 0.15) is 24.5 Å². The van der Waals surface area contributed by atoms with Gasteiger partial charge in [-0.05, 0) is 37.6 Å². The van der Waals surface area contributed by atoms with Crippen molar-refractivity contribution < 1.29 is 0 Å². The molecule has 0 heterocycles. The maximum absolute atomic E-state index is 8.85. The summed E-state index contributed by atoms with van der Waals surface area (Å²) in [6.45, 7) is 4.15. The zero-order valence-corrected chi connectivity index (χ0v) is 8.59. The highest BCUT2D eigenvalue weighted by molar-refractivity contribution is 5.37. The van der Waals surface area contributed by atoms with Gasteiger partial charge in [-0.3, -0.25) is 0 Å². The maximum Gasteiger partial charge on any atom is 0.0994 e. The lowest BCUT2D eigenvalue weighted by atomic mass is 10.1. The Morgan fingerprint density at radius 2 is 2.07 bits per heavy atom. The summed E-state index contributed by atoms with van der Waals surface area (Å²) in [6, 6.07) is 9.99. The minimum atomic E-state index is 0.797. The van der Waals surface area contributed by atoms with E-state index in [1.165, 1.54) is 0 Å². The summed E-state index contributed by atoms with van der Waals surface area (Å²) in [5.74, 6) is 0. The number of nitrogens with one attached hydrogen (secondary N) is 1. The van der Waals surface area contributed by atoms with Crippen LogP contribution in [0.2, 0.25) is 0 Å². The third-order valence-corrected chi connectivity index (χ3v) is 2.14. The second-order valence-corrected chi connectivity index (χ2v) is 3.27. The van der Waals surface area contributed by atoms with Gasteiger partial charge in [0.2, 0.25) is 0 Å². The number of rotatable bonds is 5. The molecule has 2 heteroatoms. The van der Waals surface area contributed by atoms with Crippen molar-refractivity contribution in [2.45, 2.75) is 19.8 Å². The van der Waals surface area contributed by atoms with E-state index in [4.69, 9.17) is 5.26 Å². The average Bonchev–Trinajstić information content (AvgIpc) is 2.25. The molecule has 2 nitrogen and oxygen atoms in total. The zero-order chi connectivity index (χ0) is 10.2. The largest absolute Gasteiger partial charge is 0.316 e. The number of nitrogens with zero attached hydrogens (tertiary/aromatic N) is 1. The minimum Gasteiger partial charge on any atom is -0.316 e. The van der Waals surface area contributed by atoms with E-state index in [-0.39, 0.29) is 0 Å². The highest BCUT2D eigenvalue weighted by Crippen LogP contribution is 2.07. The first-order valence-corrected chi connectivity index (χ1v) is 5.07. The number of benzene rings is 1. The normalized spacial score (nSPS) is 9.71. The molecule has 1 rings (SSSR count). The van der Waals surface area contributed by atoms with Crippen molar-refractivity contribution in [3.8, 4) is 6.07 Å². The Hall–Kier alpha value is -1.33. The SMILES string of the molecule is CCCNCCc1ccccc1C#N. The van der Waals surface area contributed by atoms with Crippen LogP contribution in [0.25, 0.3) is 0 Å². The molecule has 0 bridgehead atoms. The van der Waals surface area contributed by atoms with Crippen molar-refractivity contribution >= 4 is 0 Å². The number of hydrogen-bond donors (Lipinski definition) is 1. The second-order valence-electron chi connectivity index (χ2n) is 3.27. The van der Waals surface area contributed by atoms with Gasteiger partial charge in [0.05, 0.1) is 11.6 Å². The van der Waals surface area contributed by atoms with Gasteiger partial charge in [-0.1, -0.05) is 25.1 Å². The van der Waals surface area contributed by atoms with Crippen molar-refractivity contribution in [3.05, 3.63) is 35.4 Å². The van der Waals surface area contributed by atoms with Gasteiger partial charge in [0.15, 0.2) is 0 Å². The summed E-state index contributed by atoms with van der Waals surface area (Å²) in [5, 5.41) is 12.2. The van der Waals surface area contributed by atoms with E-state index in [0.717, 1.165) is 37.1 Å². The fraction of sp³-hybridized carbons (Fsp3) is 0.417. The van der Waals surface area contributed by atoms with Gasteiger partial charge < -0.3 is 5.32 Å². The van der Waals surface area contributed by atoms with Crippen molar-refractivity contribution in [3.63, 3.8) is 0 Å². The second kappa shape index (κ2) is 6.17. The van der Waals surface area contributed by atoms with E-state index in [0.29, 0.717) is 0 Å². The lowest BCUT2D eigenvalue weighted by molar-refractivity contribution is 0.671. The monoisotopic (exact) mass is 188 g/mol. The standard InChI is InChI=1S/C12H16N2/c1-2-8-14-9-7-11-5-3-4-6-12(11)10-13/h3-6,14H,2,7-9H2,1H3. The molecule has 0 aromatic heterocycles. The van der Waals surface area contributed by atoms with Crippen molar-refractivity contribution in [2.24, 2.45) is 0 Å². The van der Waals surface area contributed by atoms with E-state index in [1.54, 1.807) is 0 Å². The molecule has 0 atom stereocenters. The van der Waals surface area contributed by atoms with Gasteiger partial charge in [-0.15, -0.1) is 0 Å². The lowest BCUT2D eigenvalue weighted by Gasteiger charge is -2.04. The van der Waals surface area contributed by atoms with E-state index < -0.39 is 0 Å². The van der Waals surface area contributed by atoms with Gasteiger partial charge in [0.1, 0.15) is 0 Å². The van der Waals surface area contributed by atoms with Gasteiger partial charge in [0.25, 0.3) is 0 Å². The van der Waals surface area contributed by atoms with Crippen LogP contribution in [-0.4, -0.2) is 13.1 Å². The Bertz CT molecular complexity index is 312. The highest BCUT2D eigenvalue weighted by atomic mass is 14.8. The summed E-state index contributed by atoms with van der Waals surface area (Å²) < 4.78 is 0. The molecule has 0 spiro atoms. The molecule has 0 radical (unpaired) electrons. The summed E-state index contributed by atoms with van der Waals surface area (Å²) in [4.78, 5) is 0. The van der Waals surface area contributed by atoms with E-state index in [9.17, 15) is 0 Å². The Kier molecular flexibility index (Phi) is 4.74. The minimum absolute atomic E-state index is 0.797. The number of nitriles is 1. The topological polar surface area (TPSA) is 35.8 Å². The first-order chi connectivity index (χ1) is 6.88. The molecule has 74 valence electrons. The van der Waals surface area contributed by atoms with Crippen LogP contribution in [-0.2, 0) is 6.42 Å². The molecule has 0 aliphatic rings. The quantitative estimate of drug-likeness (QED) is 0.718. The summed E-state index contributed by atoms with van der Waals surface area (Å²) >= 11 is 0. The summed E-state index contributed by atoms with van der Waals surface area (Å²) in [7, 11) is 0. The Morgan fingerprint density at radius 3 is 2.79 bits per heavy atom. The molecule has 0 unspecified atom stereocenters. The van der Waals surface area contributed by atoms with Gasteiger partial charge in [-0.2, -0.15) is 5.26 Å². The molecular weight excluding hydrogens is 172 g/mol. The van der Waals surface area contributed by atoms with Crippen LogP contribution in [0.3, 0.4) is 0 Å². The fourth-order valence-electron chi connectivity index (χ4n) is 1.37. The summed E-state index contributed by atoms with van der Waals surface area (Å²) in [6.07, 6.45) is 2.09. The molecular formula is C12H16N2. The fourth-order valence-corrected chi connectivity index (χ4v) is 1.37. The molecule has 0 saturated carbocycles. The van der Waals surface area contributed by atoms with E-state index in [1.807, 2.05) is 24.3 Å².